The molecule has 5 rings (SSSR count). The van der Waals surface area contributed by atoms with Gasteiger partial charge >= 0.3 is 5.97 Å². The van der Waals surface area contributed by atoms with Gasteiger partial charge in [0.05, 0.1) is 17.6 Å². The zero-order valence-corrected chi connectivity index (χ0v) is 17.3. The van der Waals surface area contributed by atoms with Crippen molar-refractivity contribution in [2.75, 3.05) is 0 Å². The van der Waals surface area contributed by atoms with Crippen LogP contribution in [0.2, 0.25) is 0 Å². The summed E-state index contributed by atoms with van der Waals surface area (Å²) < 4.78 is 30.4. The van der Waals surface area contributed by atoms with Crippen LogP contribution in [-0.2, 0) is 12.8 Å². The van der Waals surface area contributed by atoms with Crippen molar-refractivity contribution in [1.29, 1.82) is 0 Å². The lowest BCUT2D eigenvalue weighted by Crippen LogP contribution is -2.16. The van der Waals surface area contributed by atoms with E-state index in [1.807, 2.05) is 10.5 Å². The molecule has 0 saturated heterocycles. The molecule has 2 aromatic heterocycles. The van der Waals surface area contributed by atoms with E-state index >= 15 is 0 Å². The first-order chi connectivity index (χ1) is 12.8. The number of halogens is 3. The molecule has 5 nitrogen and oxygen atoms in total. The molecule has 3 unspecified atom stereocenters. The van der Waals surface area contributed by atoms with E-state index in [2.05, 4.69) is 27.0 Å². The summed E-state index contributed by atoms with van der Waals surface area (Å²) in [5.74, 6) is -4.25. The number of carboxylic acids is 1. The number of H-pyrrole nitrogens is 1. The highest BCUT2D eigenvalue weighted by Crippen LogP contribution is 2.70. The van der Waals surface area contributed by atoms with Gasteiger partial charge in [-0.05, 0) is 46.7 Å². The Morgan fingerprint density at radius 2 is 2.22 bits per heavy atom. The predicted molar refractivity (Wildman–Crippen MR) is 108 cm³/mol. The molecular weight excluding hydrogens is 486 g/mol. The van der Waals surface area contributed by atoms with Gasteiger partial charge in [0, 0.05) is 39.9 Å². The summed E-state index contributed by atoms with van der Waals surface area (Å²) in [6.45, 7) is 1.67. The number of fused-ring (bicyclic) bond motifs is 3. The van der Waals surface area contributed by atoms with Crippen molar-refractivity contribution >= 4 is 45.3 Å². The highest BCUT2D eigenvalue weighted by atomic mass is 127. The molecule has 0 bridgehead atoms. The van der Waals surface area contributed by atoms with E-state index in [4.69, 9.17) is 10.2 Å². The van der Waals surface area contributed by atoms with E-state index < -0.39 is 23.2 Å². The molecule has 0 radical (unpaired) electrons. The minimum atomic E-state index is -2.63. The molecule has 2 N–H and O–H groups in total. The van der Waals surface area contributed by atoms with Gasteiger partial charge in [0.2, 0.25) is 0 Å². The Hall–Kier alpha value is -1.54. The molecule has 2 heterocycles. The molecule has 3 atom stereocenters. The number of hydrogen-bond acceptors (Lipinski definition) is 2. The van der Waals surface area contributed by atoms with Gasteiger partial charge < -0.3 is 10.1 Å². The van der Waals surface area contributed by atoms with Crippen LogP contribution in [0.5, 0.6) is 0 Å². The SMILES string of the molecule is CC12Cc3c(c(-c4cc5ccc(C(=O)O)cc5[nH]4)nn3PI)CC1C2(F)F. The minimum Gasteiger partial charge on any atom is -0.478 e. The molecule has 1 aromatic carbocycles. The van der Waals surface area contributed by atoms with Crippen LogP contribution in [0.15, 0.2) is 24.3 Å². The van der Waals surface area contributed by atoms with Crippen molar-refractivity contribution in [3.05, 3.63) is 41.1 Å². The molecule has 0 aliphatic heterocycles. The van der Waals surface area contributed by atoms with Crippen LogP contribution in [0.25, 0.3) is 22.3 Å². The zero-order valence-electron chi connectivity index (χ0n) is 14.2. The number of hydrogen-bond donors (Lipinski definition) is 2. The third-order valence-electron chi connectivity index (χ3n) is 6.12. The summed E-state index contributed by atoms with van der Waals surface area (Å²) in [5.41, 5.74) is 3.18. The van der Waals surface area contributed by atoms with E-state index in [1.165, 1.54) is 0 Å². The summed E-state index contributed by atoms with van der Waals surface area (Å²) in [6.07, 6.45) is 0.998. The lowest BCUT2D eigenvalue weighted by Gasteiger charge is -2.17. The van der Waals surface area contributed by atoms with Crippen LogP contribution in [0.3, 0.4) is 0 Å². The molecule has 2 aliphatic carbocycles. The van der Waals surface area contributed by atoms with Crippen LogP contribution in [0.4, 0.5) is 8.78 Å². The summed E-state index contributed by atoms with van der Waals surface area (Å²) in [7, 11) is 0. The lowest BCUT2D eigenvalue weighted by atomic mass is 9.87. The first-order valence-electron chi connectivity index (χ1n) is 8.48. The Morgan fingerprint density at radius 1 is 1.44 bits per heavy atom. The minimum absolute atomic E-state index is 0.200. The molecule has 0 spiro atoms. The van der Waals surface area contributed by atoms with Crippen molar-refractivity contribution in [3.63, 3.8) is 0 Å². The maximum absolute atomic E-state index is 14.3. The Kier molecular flexibility index (Phi) is 3.58. The van der Waals surface area contributed by atoms with Crippen molar-refractivity contribution in [2.24, 2.45) is 11.3 Å². The van der Waals surface area contributed by atoms with Gasteiger partial charge in [0.25, 0.3) is 5.92 Å². The quantitative estimate of drug-likeness (QED) is 0.397. The van der Waals surface area contributed by atoms with Crippen LogP contribution in [0, 0.1) is 11.3 Å². The monoisotopic (exact) mass is 501 g/mol. The van der Waals surface area contributed by atoms with Gasteiger partial charge in [-0.2, -0.15) is 5.10 Å². The fraction of sp³-hybridized carbons (Fsp3) is 0.333. The third-order valence-corrected chi connectivity index (χ3v) is 8.02. The van der Waals surface area contributed by atoms with Crippen LogP contribution >= 0.6 is 28.4 Å². The van der Waals surface area contributed by atoms with Gasteiger partial charge in [-0.3, -0.25) is 0 Å². The van der Waals surface area contributed by atoms with E-state index in [1.54, 1.807) is 25.1 Å². The highest BCUT2D eigenvalue weighted by molar-refractivity contribution is 14.2. The number of nitrogens with zero attached hydrogens (tertiary/aromatic N) is 2. The second kappa shape index (κ2) is 5.50. The van der Waals surface area contributed by atoms with E-state index in [9.17, 15) is 13.6 Å². The van der Waals surface area contributed by atoms with Crippen LogP contribution < -0.4 is 0 Å². The Bertz CT molecular complexity index is 1130. The summed E-state index contributed by atoms with van der Waals surface area (Å²) in [5, 5.41) is 14.7. The first kappa shape index (κ1) is 17.6. The Morgan fingerprint density at radius 3 is 2.93 bits per heavy atom. The largest absolute Gasteiger partial charge is 0.478 e. The summed E-state index contributed by atoms with van der Waals surface area (Å²) >= 11 is 2.22. The van der Waals surface area contributed by atoms with Crippen LogP contribution in [0.1, 0.15) is 28.5 Å². The predicted octanol–water partition coefficient (Wildman–Crippen LogP) is 4.89. The fourth-order valence-corrected chi connectivity index (χ4v) is 6.03. The second-order valence-electron chi connectivity index (χ2n) is 7.53. The van der Waals surface area contributed by atoms with Gasteiger partial charge in [0.15, 0.2) is 0 Å². The molecule has 1 saturated carbocycles. The van der Waals surface area contributed by atoms with E-state index in [0.29, 0.717) is 30.4 Å². The third kappa shape index (κ3) is 2.29. The lowest BCUT2D eigenvalue weighted by molar-refractivity contribution is 0.0630. The number of aromatic carboxylic acids is 1. The summed E-state index contributed by atoms with van der Waals surface area (Å²) in [6, 6.07) is 6.78. The number of aromatic nitrogens is 3. The van der Waals surface area contributed by atoms with Gasteiger partial charge in [-0.25, -0.2) is 18.0 Å². The highest BCUT2D eigenvalue weighted by Gasteiger charge is 2.78. The molecule has 1 fully saturated rings. The second-order valence-corrected chi connectivity index (χ2v) is 9.57. The number of alkyl halides is 2. The molecule has 140 valence electrons. The van der Waals surface area contributed by atoms with Gasteiger partial charge in [-0.1, -0.05) is 13.0 Å². The molecular formula is C18H15F2IN3O2P. The topological polar surface area (TPSA) is 70.9 Å². The van der Waals surface area contributed by atoms with Crippen LogP contribution in [-0.4, -0.2) is 31.5 Å². The zero-order chi connectivity index (χ0) is 19.1. The standard InChI is InChI=1S/C18H15F2IN3O2P/c1-17-7-13-10(6-14(17)18(17,19)20)15(23-24(13)27-21)12-4-8-2-3-9(16(25)26)5-11(8)22-12/h2-5,14,22,27H,6-7H2,1H3,(H,25,26). The number of rotatable bonds is 3. The fourth-order valence-electron chi connectivity index (χ4n) is 4.38. The smallest absolute Gasteiger partial charge is 0.335 e. The number of nitrogens with one attached hydrogen (secondary N) is 1. The normalized spacial score (nSPS) is 25.7. The number of aromatic amines is 1. The number of carboxylic acid groups (broad SMARTS) is 1. The maximum Gasteiger partial charge on any atom is 0.335 e. The number of carbonyl (C=O) groups is 1. The Balaban J connectivity index is 1.63. The van der Waals surface area contributed by atoms with E-state index in [0.717, 1.165) is 22.3 Å². The summed E-state index contributed by atoms with van der Waals surface area (Å²) in [4.78, 5) is 14.4. The van der Waals surface area contributed by atoms with Crippen molar-refractivity contribution in [3.8, 4) is 11.4 Å². The maximum atomic E-state index is 14.3. The molecule has 3 aromatic rings. The average molecular weight is 501 g/mol. The number of benzene rings is 1. The van der Waals surface area contributed by atoms with E-state index in [-0.39, 0.29) is 5.56 Å². The van der Waals surface area contributed by atoms with Crippen molar-refractivity contribution < 1.29 is 18.7 Å². The van der Waals surface area contributed by atoms with Crippen molar-refractivity contribution in [1.82, 2.24) is 14.5 Å². The molecule has 9 heteroatoms. The van der Waals surface area contributed by atoms with Gasteiger partial charge in [0.1, 0.15) is 5.69 Å². The van der Waals surface area contributed by atoms with Gasteiger partial charge in [-0.15, -0.1) is 0 Å². The average Bonchev–Trinajstić information content (AvgIpc) is 3.01. The first-order valence-corrected chi connectivity index (χ1v) is 12.5. The molecule has 0 amide bonds. The molecule has 2 aliphatic rings. The molecule has 27 heavy (non-hydrogen) atoms. The Labute approximate surface area is 167 Å². The van der Waals surface area contributed by atoms with Crippen molar-refractivity contribution in [2.45, 2.75) is 25.7 Å².